The average molecular weight is 376 g/mol. The highest BCUT2D eigenvalue weighted by atomic mass is 19.1. The van der Waals surface area contributed by atoms with Gasteiger partial charge in [-0.3, -0.25) is 9.59 Å². The van der Waals surface area contributed by atoms with E-state index >= 15 is 0 Å². The minimum Gasteiger partial charge on any atom is -0.352 e. The lowest BCUT2D eigenvalue weighted by atomic mass is 10.1. The maximum atomic E-state index is 13.6. The van der Waals surface area contributed by atoms with Crippen LogP contribution in [0.15, 0.2) is 78.9 Å². The van der Waals surface area contributed by atoms with Gasteiger partial charge >= 0.3 is 0 Å². The fourth-order valence-corrected chi connectivity index (χ4v) is 2.76. The first kappa shape index (κ1) is 19.3. The highest BCUT2D eigenvalue weighted by molar-refractivity contribution is 5.97. The first-order chi connectivity index (χ1) is 13.6. The summed E-state index contributed by atoms with van der Waals surface area (Å²) in [6.07, 6.45) is 0.753. The summed E-state index contributed by atoms with van der Waals surface area (Å²) in [7, 11) is 0. The van der Waals surface area contributed by atoms with Crippen molar-refractivity contribution in [2.24, 2.45) is 0 Å². The van der Waals surface area contributed by atoms with Gasteiger partial charge in [0.2, 0.25) is 0 Å². The zero-order chi connectivity index (χ0) is 19.8. The summed E-state index contributed by atoms with van der Waals surface area (Å²) in [5.41, 5.74) is 2.48. The summed E-state index contributed by atoms with van der Waals surface area (Å²) in [5.74, 6) is -0.862. The van der Waals surface area contributed by atoms with E-state index in [1.165, 1.54) is 6.07 Å². The third-order valence-electron chi connectivity index (χ3n) is 4.35. The van der Waals surface area contributed by atoms with Crippen LogP contribution in [-0.2, 0) is 13.0 Å². The van der Waals surface area contributed by atoms with E-state index in [0.717, 1.165) is 12.0 Å². The van der Waals surface area contributed by atoms with Crippen LogP contribution in [0.4, 0.5) is 4.39 Å². The molecule has 0 fully saturated rings. The number of rotatable bonds is 7. The molecule has 0 unspecified atom stereocenters. The maximum absolute atomic E-state index is 13.6. The SMILES string of the molecule is O=C(NCCc1ccccc1)c1ccc(C(=O)NCc2ccccc2F)cc1. The van der Waals surface area contributed by atoms with Crippen LogP contribution >= 0.6 is 0 Å². The van der Waals surface area contributed by atoms with E-state index in [1.54, 1.807) is 42.5 Å². The van der Waals surface area contributed by atoms with Crippen molar-refractivity contribution in [3.8, 4) is 0 Å². The molecule has 0 heterocycles. The van der Waals surface area contributed by atoms with Gasteiger partial charge < -0.3 is 10.6 Å². The molecule has 0 aromatic heterocycles. The van der Waals surface area contributed by atoms with Crippen molar-refractivity contribution < 1.29 is 14.0 Å². The van der Waals surface area contributed by atoms with Gasteiger partial charge in [-0.05, 0) is 42.3 Å². The molecule has 0 aliphatic carbocycles. The fourth-order valence-electron chi connectivity index (χ4n) is 2.76. The Bertz CT molecular complexity index is 940. The highest BCUT2D eigenvalue weighted by Gasteiger charge is 2.09. The molecule has 2 N–H and O–H groups in total. The first-order valence-electron chi connectivity index (χ1n) is 9.07. The Morgan fingerprint density at radius 1 is 0.714 bits per heavy atom. The van der Waals surface area contributed by atoms with Gasteiger partial charge in [0.05, 0.1) is 0 Å². The molecule has 0 aliphatic rings. The summed E-state index contributed by atoms with van der Waals surface area (Å²) in [5, 5.41) is 5.55. The molecule has 0 radical (unpaired) electrons. The largest absolute Gasteiger partial charge is 0.352 e. The normalized spacial score (nSPS) is 10.3. The third-order valence-corrected chi connectivity index (χ3v) is 4.35. The van der Waals surface area contributed by atoms with Crippen molar-refractivity contribution in [1.82, 2.24) is 10.6 Å². The van der Waals surface area contributed by atoms with E-state index in [1.807, 2.05) is 30.3 Å². The van der Waals surface area contributed by atoms with E-state index in [9.17, 15) is 14.0 Å². The quantitative estimate of drug-likeness (QED) is 0.660. The minimum atomic E-state index is -0.356. The van der Waals surface area contributed by atoms with Gasteiger partial charge in [0.1, 0.15) is 5.82 Å². The molecule has 0 spiro atoms. The van der Waals surface area contributed by atoms with Crippen molar-refractivity contribution in [1.29, 1.82) is 0 Å². The molecule has 0 atom stereocenters. The molecule has 2 amide bonds. The Kier molecular flexibility index (Phi) is 6.52. The Labute approximate surface area is 163 Å². The van der Waals surface area contributed by atoms with Crippen LogP contribution in [-0.4, -0.2) is 18.4 Å². The van der Waals surface area contributed by atoms with Crippen LogP contribution in [0, 0.1) is 5.82 Å². The molecule has 5 heteroatoms. The number of carbonyl (C=O) groups excluding carboxylic acids is 2. The molecular formula is C23H21FN2O2. The van der Waals surface area contributed by atoms with Crippen molar-refractivity contribution >= 4 is 11.8 Å². The third kappa shape index (κ3) is 5.27. The van der Waals surface area contributed by atoms with E-state index < -0.39 is 0 Å². The zero-order valence-electron chi connectivity index (χ0n) is 15.3. The van der Waals surface area contributed by atoms with Gasteiger partial charge in [-0.1, -0.05) is 48.5 Å². The van der Waals surface area contributed by atoms with Gasteiger partial charge in [-0.25, -0.2) is 4.39 Å². The lowest BCUT2D eigenvalue weighted by Gasteiger charge is -2.08. The van der Waals surface area contributed by atoms with Gasteiger partial charge in [0.25, 0.3) is 11.8 Å². The number of hydrogen-bond acceptors (Lipinski definition) is 2. The predicted molar refractivity (Wildman–Crippen MR) is 106 cm³/mol. The molecule has 0 bridgehead atoms. The lowest BCUT2D eigenvalue weighted by molar-refractivity contribution is 0.0940. The summed E-state index contributed by atoms with van der Waals surface area (Å²) in [6.45, 7) is 0.640. The first-order valence-corrected chi connectivity index (χ1v) is 9.07. The lowest BCUT2D eigenvalue weighted by Crippen LogP contribution is -2.26. The average Bonchev–Trinajstić information content (AvgIpc) is 2.74. The van der Waals surface area contributed by atoms with Crippen molar-refractivity contribution in [2.75, 3.05) is 6.54 Å². The summed E-state index contributed by atoms with van der Waals surface area (Å²) >= 11 is 0. The second-order valence-corrected chi connectivity index (χ2v) is 6.34. The number of benzene rings is 3. The topological polar surface area (TPSA) is 58.2 Å². The van der Waals surface area contributed by atoms with Crippen LogP contribution in [0.3, 0.4) is 0 Å². The number of hydrogen-bond donors (Lipinski definition) is 2. The van der Waals surface area contributed by atoms with E-state index in [4.69, 9.17) is 0 Å². The Balaban J connectivity index is 1.50. The number of nitrogens with one attached hydrogen (secondary N) is 2. The monoisotopic (exact) mass is 376 g/mol. The van der Waals surface area contributed by atoms with Gasteiger partial charge in [0.15, 0.2) is 0 Å². The van der Waals surface area contributed by atoms with Crippen LogP contribution in [0.1, 0.15) is 31.8 Å². The number of halogens is 1. The van der Waals surface area contributed by atoms with Crippen LogP contribution in [0.25, 0.3) is 0 Å². The van der Waals surface area contributed by atoms with Gasteiger partial charge in [0, 0.05) is 29.8 Å². The highest BCUT2D eigenvalue weighted by Crippen LogP contribution is 2.08. The predicted octanol–water partition coefficient (Wildman–Crippen LogP) is 3.73. The van der Waals surface area contributed by atoms with Crippen LogP contribution in [0.2, 0.25) is 0 Å². The molecular weight excluding hydrogens is 355 g/mol. The molecule has 0 saturated heterocycles. The van der Waals surface area contributed by atoms with E-state index in [-0.39, 0.29) is 24.2 Å². The second kappa shape index (κ2) is 9.46. The summed E-state index contributed by atoms with van der Waals surface area (Å²) in [6, 6.07) is 22.6. The Morgan fingerprint density at radius 3 is 1.93 bits per heavy atom. The summed E-state index contributed by atoms with van der Waals surface area (Å²) < 4.78 is 13.6. The smallest absolute Gasteiger partial charge is 0.251 e. The second-order valence-electron chi connectivity index (χ2n) is 6.34. The van der Waals surface area contributed by atoms with Gasteiger partial charge in [-0.2, -0.15) is 0 Å². The molecule has 4 nitrogen and oxygen atoms in total. The Morgan fingerprint density at radius 2 is 1.29 bits per heavy atom. The number of carbonyl (C=O) groups is 2. The molecule has 28 heavy (non-hydrogen) atoms. The maximum Gasteiger partial charge on any atom is 0.251 e. The van der Waals surface area contributed by atoms with Crippen molar-refractivity contribution in [3.05, 3.63) is 107 Å². The van der Waals surface area contributed by atoms with Crippen LogP contribution in [0.5, 0.6) is 0 Å². The zero-order valence-corrected chi connectivity index (χ0v) is 15.3. The van der Waals surface area contributed by atoms with Crippen LogP contribution < -0.4 is 10.6 Å². The number of amides is 2. The Hall–Kier alpha value is -3.47. The van der Waals surface area contributed by atoms with Crippen molar-refractivity contribution in [3.63, 3.8) is 0 Å². The molecule has 142 valence electrons. The standard InChI is InChI=1S/C23H21FN2O2/c24-21-9-5-4-8-20(21)16-26-23(28)19-12-10-18(11-13-19)22(27)25-15-14-17-6-2-1-3-7-17/h1-13H,14-16H2,(H,25,27)(H,26,28). The molecule has 3 aromatic rings. The molecule has 0 aliphatic heterocycles. The van der Waals surface area contributed by atoms with Crippen molar-refractivity contribution in [2.45, 2.75) is 13.0 Å². The van der Waals surface area contributed by atoms with Gasteiger partial charge in [-0.15, -0.1) is 0 Å². The minimum absolute atomic E-state index is 0.104. The van der Waals surface area contributed by atoms with E-state index in [2.05, 4.69) is 10.6 Å². The van der Waals surface area contributed by atoms with E-state index in [0.29, 0.717) is 23.2 Å². The summed E-state index contributed by atoms with van der Waals surface area (Å²) in [4.78, 5) is 24.4. The fraction of sp³-hybridized carbons (Fsp3) is 0.130. The molecule has 3 aromatic carbocycles. The molecule has 3 rings (SSSR count). The molecule has 0 saturated carbocycles.